The minimum Gasteiger partial charge on any atom is -0.480 e. The molecule has 0 radical (unpaired) electrons. The summed E-state index contributed by atoms with van der Waals surface area (Å²) in [6, 6.07) is 1.49. The highest BCUT2D eigenvalue weighted by atomic mass is 16.4. The summed E-state index contributed by atoms with van der Waals surface area (Å²) < 4.78 is 5.15. The molecule has 100 valence electrons. The molecule has 6 heteroatoms. The monoisotopic (exact) mass is 254 g/mol. The van der Waals surface area contributed by atoms with Crippen LogP contribution in [0.5, 0.6) is 0 Å². The lowest BCUT2D eigenvalue weighted by atomic mass is 10.2. The maximum absolute atomic E-state index is 12.0. The molecule has 0 atom stereocenters. The van der Waals surface area contributed by atoms with Crippen LogP contribution in [-0.2, 0) is 11.3 Å². The van der Waals surface area contributed by atoms with Gasteiger partial charge in [-0.25, -0.2) is 4.79 Å². The Morgan fingerprint density at radius 2 is 2.11 bits per heavy atom. The van der Waals surface area contributed by atoms with Gasteiger partial charge in [-0.15, -0.1) is 0 Å². The number of carboxylic acids is 1. The van der Waals surface area contributed by atoms with Crippen molar-refractivity contribution >= 4 is 12.0 Å². The number of aryl methyl sites for hydroxylation is 1. The fourth-order valence-corrected chi connectivity index (χ4v) is 1.62. The second-order valence-electron chi connectivity index (χ2n) is 4.05. The van der Waals surface area contributed by atoms with Gasteiger partial charge in [0.15, 0.2) is 0 Å². The van der Waals surface area contributed by atoms with Crippen LogP contribution in [0.1, 0.15) is 18.2 Å². The van der Waals surface area contributed by atoms with Crippen molar-refractivity contribution in [3.8, 4) is 0 Å². The second kappa shape index (κ2) is 6.09. The van der Waals surface area contributed by atoms with Crippen molar-refractivity contribution in [3.05, 3.63) is 23.7 Å². The normalized spacial score (nSPS) is 10.2. The molecule has 0 spiro atoms. The summed E-state index contributed by atoms with van der Waals surface area (Å²) in [6.45, 7) is 4.04. The number of likely N-dealkylation sites (N-methyl/N-ethyl adjacent to an activating group) is 1. The lowest BCUT2D eigenvalue weighted by molar-refractivity contribution is -0.137. The molecular formula is C12H18N2O4. The first-order chi connectivity index (χ1) is 8.45. The minimum atomic E-state index is -1.02. The van der Waals surface area contributed by atoms with Crippen molar-refractivity contribution in [1.29, 1.82) is 0 Å². The average Bonchev–Trinajstić information content (AvgIpc) is 2.70. The van der Waals surface area contributed by atoms with Crippen LogP contribution in [0.3, 0.4) is 0 Å². The molecule has 18 heavy (non-hydrogen) atoms. The van der Waals surface area contributed by atoms with E-state index in [1.165, 1.54) is 9.80 Å². The van der Waals surface area contributed by atoms with E-state index in [2.05, 4.69) is 0 Å². The summed E-state index contributed by atoms with van der Waals surface area (Å²) in [4.78, 5) is 25.4. The molecule has 0 unspecified atom stereocenters. The largest absolute Gasteiger partial charge is 0.480 e. The number of hydrogen-bond donors (Lipinski definition) is 1. The van der Waals surface area contributed by atoms with E-state index in [1.807, 2.05) is 6.92 Å². The van der Waals surface area contributed by atoms with E-state index in [-0.39, 0.29) is 12.6 Å². The zero-order chi connectivity index (χ0) is 13.7. The summed E-state index contributed by atoms with van der Waals surface area (Å²) in [5.41, 5.74) is 0.914. The predicted octanol–water partition coefficient (Wildman–Crippen LogP) is 1.55. The van der Waals surface area contributed by atoms with Crippen molar-refractivity contribution in [1.82, 2.24) is 9.80 Å². The van der Waals surface area contributed by atoms with E-state index in [0.29, 0.717) is 13.1 Å². The quantitative estimate of drug-likeness (QED) is 0.865. The molecule has 1 N–H and O–H groups in total. The van der Waals surface area contributed by atoms with Crippen LogP contribution in [0.25, 0.3) is 0 Å². The van der Waals surface area contributed by atoms with Gasteiger partial charge in [0, 0.05) is 19.2 Å². The van der Waals surface area contributed by atoms with Crippen molar-refractivity contribution in [2.45, 2.75) is 20.4 Å². The highest BCUT2D eigenvalue weighted by molar-refractivity contribution is 5.80. The van der Waals surface area contributed by atoms with Crippen molar-refractivity contribution in [2.24, 2.45) is 0 Å². The van der Waals surface area contributed by atoms with Gasteiger partial charge in [-0.1, -0.05) is 0 Å². The number of aliphatic carboxylic acids is 1. The van der Waals surface area contributed by atoms with Crippen LogP contribution in [-0.4, -0.2) is 47.0 Å². The standard InChI is InChI=1S/C12H18N2O4/c1-4-14(8-11(15)16)12(17)13(3)7-10-5-6-18-9(10)2/h5-6H,4,7-8H2,1-3H3,(H,15,16). The summed E-state index contributed by atoms with van der Waals surface area (Å²) >= 11 is 0. The van der Waals surface area contributed by atoms with E-state index >= 15 is 0 Å². The third-order valence-corrected chi connectivity index (χ3v) is 2.68. The molecule has 0 aliphatic carbocycles. The third kappa shape index (κ3) is 3.51. The Kier molecular flexibility index (Phi) is 4.76. The van der Waals surface area contributed by atoms with E-state index in [9.17, 15) is 9.59 Å². The molecule has 1 aromatic heterocycles. The van der Waals surface area contributed by atoms with Gasteiger partial charge < -0.3 is 19.3 Å². The topological polar surface area (TPSA) is 74.0 Å². The minimum absolute atomic E-state index is 0.288. The Bertz CT molecular complexity index is 427. The first-order valence-electron chi connectivity index (χ1n) is 5.70. The number of rotatable bonds is 5. The van der Waals surface area contributed by atoms with E-state index in [0.717, 1.165) is 11.3 Å². The SMILES string of the molecule is CCN(CC(=O)O)C(=O)N(C)Cc1ccoc1C. The Balaban J connectivity index is 2.65. The molecule has 0 aliphatic heterocycles. The van der Waals surface area contributed by atoms with Crippen LogP contribution < -0.4 is 0 Å². The lowest BCUT2D eigenvalue weighted by Gasteiger charge is -2.25. The van der Waals surface area contributed by atoms with Gasteiger partial charge in [0.25, 0.3) is 0 Å². The number of carbonyl (C=O) groups is 2. The summed E-state index contributed by atoms with van der Waals surface area (Å²) in [5, 5.41) is 8.72. The number of hydrogen-bond acceptors (Lipinski definition) is 3. The molecule has 0 bridgehead atoms. The van der Waals surface area contributed by atoms with Gasteiger partial charge in [0.1, 0.15) is 12.3 Å². The van der Waals surface area contributed by atoms with Crippen LogP contribution in [0.2, 0.25) is 0 Å². The van der Waals surface area contributed by atoms with E-state index < -0.39 is 5.97 Å². The fourth-order valence-electron chi connectivity index (χ4n) is 1.62. The van der Waals surface area contributed by atoms with Gasteiger partial charge in [-0.3, -0.25) is 4.79 Å². The molecule has 0 fully saturated rings. The predicted molar refractivity (Wildman–Crippen MR) is 65.2 cm³/mol. The zero-order valence-corrected chi connectivity index (χ0v) is 10.8. The zero-order valence-electron chi connectivity index (χ0n) is 10.8. The third-order valence-electron chi connectivity index (χ3n) is 2.68. The molecule has 0 saturated heterocycles. The van der Waals surface area contributed by atoms with Crippen molar-refractivity contribution in [2.75, 3.05) is 20.1 Å². The Labute approximate surface area is 106 Å². The van der Waals surface area contributed by atoms with Gasteiger partial charge in [-0.2, -0.15) is 0 Å². The molecule has 1 heterocycles. The van der Waals surface area contributed by atoms with Gasteiger partial charge in [0.2, 0.25) is 0 Å². The Hall–Kier alpha value is -1.98. The molecule has 0 aliphatic rings. The number of amides is 2. The molecular weight excluding hydrogens is 236 g/mol. The number of carbonyl (C=O) groups excluding carboxylic acids is 1. The first-order valence-corrected chi connectivity index (χ1v) is 5.70. The number of urea groups is 1. The summed E-state index contributed by atoms with van der Waals surface area (Å²) in [6.07, 6.45) is 1.57. The Morgan fingerprint density at radius 1 is 1.44 bits per heavy atom. The number of furan rings is 1. The summed E-state index contributed by atoms with van der Waals surface area (Å²) in [7, 11) is 1.64. The van der Waals surface area contributed by atoms with Crippen LogP contribution in [0, 0.1) is 6.92 Å². The maximum atomic E-state index is 12.0. The van der Waals surface area contributed by atoms with Crippen molar-refractivity contribution in [3.63, 3.8) is 0 Å². The fraction of sp³-hybridized carbons (Fsp3) is 0.500. The molecule has 6 nitrogen and oxygen atoms in total. The Morgan fingerprint density at radius 3 is 2.56 bits per heavy atom. The highest BCUT2D eigenvalue weighted by Crippen LogP contribution is 2.12. The second-order valence-corrected chi connectivity index (χ2v) is 4.05. The molecule has 1 aromatic rings. The summed E-state index contributed by atoms with van der Waals surface area (Å²) in [5.74, 6) is -0.256. The molecule has 0 aromatic carbocycles. The van der Waals surface area contributed by atoms with Crippen molar-refractivity contribution < 1.29 is 19.1 Å². The average molecular weight is 254 g/mol. The smallest absolute Gasteiger partial charge is 0.323 e. The lowest BCUT2D eigenvalue weighted by Crippen LogP contribution is -2.43. The number of nitrogens with zero attached hydrogens (tertiary/aromatic N) is 2. The number of carboxylic acid groups (broad SMARTS) is 1. The van der Waals surface area contributed by atoms with Gasteiger partial charge in [-0.05, 0) is 19.9 Å². The van der Waals surface area contributed by atoms with Crippen LogP contribution in [0.4, 0.5) is 4.79 Å². The van der Waals surface area contributed by atoms with Gasteiger partial charge >= 0.3 is 12.0 Å². The molecule has 0 saturated carbocycles. The van der Waals surface area contributed by atoms with Crippen LogP contribution in [0.15, 0.2) is 16.7 Å². The molecule has 1 rings (SSSR count). The molecule has 2 amide bonds. The first kappa shape index (κ1) is 14.1. The maximum Gasteiger partial charge on any atom is 0.323 e. The van der Waals surface area contributed by atoms with Crippen LogP contribution >= 0.6 is 0 Å². The van der Waals surface area contributed by atoms with E-state index in [4.69, 9.17) is 9.52 Å². The van der Waals surface area contributed by atoms with Gasteiger partial charge in [0.05, 0.1) is 12.8 Å². The highest BCUT2D eigenvalue weighted by Gasteiger charge is 2.19. The van der Waals surface area contributed by atoms with E-state index in [1.54, 1.807) is 26.3 Å².